The van der Waals surface area contributed by atoms with Crippen LogP contribution in [0.25, 0.3) is 0 Å². The van der Waals surface area contributed by atoms with Crippen LogP contribution in [-0.2, 0) is 4.79 Å². The van der Waals surface area contributed by atoms with Crippen LogP contribution in [0.1, 0.15) is 22.3 Å². The van der Waals surface area contributed by atoms with Gasteiger partial charge >= 0.3 is 6.01 Å². The molecule has 2 aromatic carbocycles. The van der Waals surface area contributed by atoms with Gasteiger partial charge in [0, 0.05) is 41.6 Å². The third-order valence-corrected chi connectivity index (χ3v) is 4.22. The summed E-state index contributed by atoms with van der Waals surface area (Å²) in [6.07, 6.45) is 3.33. The van der Waals surface area contributed by atoms with Gasteiger partial charge in [0.25, 0.3) is 5.91 Å². The largest absolute Gasteiger partial charge is 0.424 e. The summed E-state index contributed by atoms with van der Waals surface area (Å²) in [5, 5.41) is 6.10. The molecule has 0 aliphatic heterocycles. The lowest BCUT2D eigenvalue weighted by Gasteiger charge is -2.11. The van der Waals surface area contributed by atoms with Crippen molar-refractivity contribution in [1.82, 2.24) is 15.3 Å². The number of aryl methyl sites for hydroxylation is 1. The van der Waals surface area contributed by atoms with Crippen molar-refractivity contribution in [3.8, 4) is 11.8 Å². The maximum absolute atomic E-state index is 12.2. The highest BCUT2D eigenvalue weighted by molar-refractivity contribution is 6.30. The van der Waals surface area contributed by atoms with Crippen molar-refractivity contribution in [2.24, 2.45) is 0 Å². The second-order valence-electron chi connectivity index (χ2n) is 6.17. The normalized spacial score (nSPS) is 10.3. The molecule has 0 radical (unpaired) electrons. The molecule has 29 heavy (non-hydrogen) atoms. The topological polar surface area (TPSA) is 93.2 Å². The van der Waals surface area contributed by atoms with E-state index in [1.807, 2.05) is 6.92 Å². The molecule has 2 N–H and O–H groups in total. The molecule has 0 bridgehead atoms. The summed E-state index contributed by atoms with van der Waals surface area (Å²) in [4.78, 5) is 32.2. The third-order valence-electron chi connectivity index (χ3n) is 3.97. The number of nitrogens with zero attached hydrogens (tertiary/aromatic N) is 2. The molecule has 0 aliphatic rings. The van der Waals surface area contributed by atoms with Crippen molar-refractivity contribution in [3.63, 3.8) is 0 Å². The van der Waals surface area contributed by atoms with Crippen molar-refractivity contribution >= 4 is 29.1 Å². The van der Waals surface area contributed by atoms with E-state index in [4.69, 9.17) is 16.3 Å². The summed E-state index contributed by atoms with van der Waals surface area (Å²) >= 11 is 5.80. The van der Waals surface area contributed by atoms with Crippen LogP contribution in [0.5, 0.6) is 11.8 Å². The molecule has 0 unspecified atom stereocenters. The predicted molar refractivity (Wildman–Crippen MR) is 110 cm³/mol. The third kappa shape index (κ3) is 6.02. The summed E-state index contributed by atoms with van der Waals surface area (Å²) < 4.78 is 5.57. The standard InChI is InChI=1S/C21H19ClN4O3/c1-14-13-17(29-21-24-10-2-11-25-21)7-8-18(14)26-19(27)9-12-23-20(28)15-3-5-16(22)6-4-15/h2-8,10-11,13H,9,12H2,1H3,(H,23,28)(H,26,27). The van der Waals surface area contributed by atoms with Crippen molar-refractivity contribution in [1.29, 1.82) is 0 Å². The van der Waals surface area contributed by atoms with Crippen LogP contribution in [0.15, 0.2) is 60.9 Å². The zero-order valence-corrected chi connectivity index (χ0v) is 16.4. The Kier molecular flexibility index (Phi) is 6.76. The number of ether oxygens (including phenoxy) is 1. The Bertz CT molecular complexity index is 995. The van der Waals surface area contributed by atoms with Crippen LogP contribution in [0, 0.1) is 6.92 Å². The van der Waals surface area contributed by atoms with Crippen LogP contribution < -0.4 is 15.4 Å². The molecule has 3 rings (SSSR count). The van der Waals surface area contributed by atoms with Gasteiger partial charge in [0.05, 0.1) is 0 Å². The van der Waals surface area contributed by atoms with Gasteiger partial charge in [-0.1, -0.05) is 11.6 Å². The van der Waals surface area contributed by atoms with Crippen LogP contribution >= 0.6 is 11.6 Å². The van der Waals surface area contributed by atoms with Crippen molar-refractivity contribution in [3.05, 3.63) is 77.1 Å². The second kappa shape index (κ2) is 9.66. The number of carbonyl (C=O) groups excluding carboxylic acids is 2. The number of halogens is 1. The first-order chi connectivity index (χ1) is 14.0. The summed E-state index contributed by atoms with van der Waals surface area (Å²) in [7, 11) is 0. The molecule has 3 aromatic rings. The van der Waals surface area contributed by atoms with Crippen molar-refractivity contribution < 1.29 is 14.3 Å². The molecule has 7 nitrogen and oxygen atoms in total. The molecule has 1 heterocycles. The highest BCUT2D eigenvalue weighted by Crippen LogP contribution is 2.24. The van der Waals surface area contributed by atoms with E-state index in [0.717, 1.165) is 5.56 Å². The van der Waals surface area contributed by atoms with Gasteiger partial charge in [-0.15, -0.1) is 0 Å². The number of carbonyl (C=O) groups is 2. The first-order valence-corrected chi connectivity index (χ1v) is 9.28. The SMILES string of the molecule is Cc1cc(Oc2ncccn2)ccc1NC(=O)CCNC(=O)c1ccc(Cl)cc1. The Hall–Kier alpha value is -3.45. The zero-order valence-electron chi connectivity index (χ0n) is 15.7. The van der Waals surface area contributed by atoms with E-state index in [9.17, 15) is 9.59 Å². The quantitative estimate of drug-likeness (QED) is 0.614. The van der Waals surface area contributed by atoms with Crippen LogP contribution in [0.3, 0.4) is 0 Å². The fraction of sp³-hybridized carbons (Fsp3) is 0.143. The molecule has 8 heteroatoms. The molecule has 0 saturated heterocycles. The zero-order chi connectivity index (χ0) is 20.6. The number of amides is 2. The maximum atomic E-state index is 12.2. The summed E-state index contributed by atoms with van der Waals surface area (Å²) in [6, 6.07) is 13.8. The molecule has 0 spiro atoms. The summed E-state index contributed by atoms with van der Waals surface area (Å²) in [6.45, 7) is 2.08. The second-order valence-corrected chi connectivity index (χ2v) is 6.61. The van der Waals surface area contributed by atoms with E-state index in [-0.39, 0.29) is 30.8 Å². The highest BCUT2D eigenvalue weighted by Gasteiger charge is 2.09. The van der Waals surface area contributed by atoms with Crippen LogP contribution in [-0.4, -0.2) is 28.3 Å². The number of rotatable bonds is 7. The minimum Gasteiger partial charge on any atom is -0.424 e. The first-order valence-electron chi connectivity index (χ1n) is 8.90. The number of benzene rings is 2. The molecule has 0 atom stereocenters. The molecule has 1 aromatic heterocycles. The van der Waals surface area contributed by atoms with Gasteiger partial charge in [0.2, 0.25) is 5.91 Å². The van der Waals surface area contributed by atoms with Gasteiger partial charge in [-0.2, -0.15) is 0 Å². The Morgan fingerprint density at radius 3 is 2.48 bits per heavy atom. The number of aromatic nitrogens is 2. The van der Waals surface area contributed by atoms with Crippen molar-refractivity contribution in [2.75, 3.05) is 11.9 Å². The molecule has 0 aliphatic carbocycles. The molecule has 0 saturated carbocycles. The average molecular weight is 411 g/mol. The lowest BCUT2D eigenvalue weighted by molar-refractivity contribution is -0.116. The number of nitrogens with one attached hydrogen (secondary N) is 2. The molecule has 148 valence electrons. The highest BCUT2D eigenvalue weighted by atomic mass is 35.5. The maximum Gasteiger partial charge on any atom is 0.321 e. The monoisotopic (exact) mass is 410 g/mol. The van der Waals surface area contributed by atoms with Gasteiger partial charge in [0.1, 0.15) is 5.75 Å². The van der Waals surface area contributed by atoms with Crippen molar-refractivity contribution in [2.45, 2.75) is 13.3 Å². The fourth-order valence-corrected chi connectivity index (χ4v) is 2.62. The van der Waals surface area contributed by atoms with Gasteiger partial charge in [0.15, 0.2) is 0 Å². The van der Waals surface area contributed by atoms with E-state index in [0.29, 0.717) is 22.0 Å². The van der Waals surface area contributed by atoms with Crippen LogP contribution in [0.4, 0.5) is 5.69 Å². The number of anilines is 1. The summed E-state index contributed by atoms with van der Waals surface area (Å²) in [5.74, 6) is 0.113. The molecule has 0 fully saturated rings. The Balaban J connectivity index is 1.48. The van der Waals surface area contributed by atoms with E-state index in [2.05, 4.69) is 20.6 Å². The number of hydrogen-bond donors (Lipinski definition) is 2. The van der Waals surface area contributed by atoms with Gasteiger partial charge < -0.3 is 15.4 Å². The lowest BCUT2D eigenvalue weighted by atomic mass is 10.2. The Morgan fingerprint density at radius 2 is 1.79 bits per heavy atom. The van der Waals surface area contributed by atoms with E-state index >= 15 is 0 Å². The molecular weight excluding hydrogens is 392 g/mol. The molecule has 2 amide bonds. The Morgan fingerprint density at radius 1 is 1.07 bits per heavy atom. The van der Waals surface area contributed by atoms with Gasteiger partial charge in [-0.3, -0.25) is 9.59 Å². The van der Waals surface area contributed by atoms with Gasteiger partial charge in [-0.25, -0.2) is 9.97 Å². The predicted octanol–water partition coefficient (Wildman–Crippen LogP) is 3.99. The van der Waals surface area contributed by atoms with Crippen LogP contribution in [0.2, 0.25) is 5.02 Å². The minimum absolute atomic E-state index is 0.148. The fourth-order valence-electron chi connectivity index (χ4n) is 2.49. The number of hydrogen-bond acceptors (Lipinski definition) is 5. The molecular formula is C21H19ClN4O3. The smallest absolute Gasteiger partial charge is 0.321 e. The minimum atomic E-state index is -0.254. The lowest BCUT2D eigenvalue weighted by Crippen LogP contribution is -2.27. The first kappa shape index (κ1) is 20.3. The Labute approximate surface area is 173 Å². The summed E-state index contributed by atoms with van der Waals surface area (Å²) in [5.41, 5.74) is 1.99. The van der Waals surface area contributed by atoms with Gasteiger partial charge in [-0.05, 0) is 61.0 Å². The van der Waals surface area contributed by atoms with E-state index < -0.39 is 0 Å². The van der Waals surface area contributed by atoms with E-state index in [1.54, 1.807) is 60.9 Å². The average Bonchev–Trinajstić information content (AvgIpc) is 2.71. The van der Waals surface area contributed by atoms with E-state index in [1.165, 1.54) is 0 Å².